The number of hydrogen-bond donors (Lipinski definition) is 3. The van der Waals surface area contributed by atoms with Gasteiger partial charge in [0, 0.05) is 13.2 Å². The molecule has 0 spiro atoms. The molecule has 1 aromatic carbocycles. The van der Waals surface area contributed by atoms with Gasteiger partial charge in [-0.2, -0.15) is 0 Å². The van der Waals surface area contributed by atoms with E-state index in [1.165, 1.54) is 0 Å². The number of carbonyl (C=O) groups is 1. The maximum Gasteiger partial charge on any atom is 0.223 e. The van der Waals surface area contributed by atoms with Gasteiger partial charge in [-0.1, -0.05) is 30.3 Å². The molecule has 94 valence electrons. The lowest BCUT2D eigenvalue weighted by Crippen LogP contribution is -2.34. The molecular formula is C13H19NO3. The molecule has 0 aliphatic rings. The summed E-state index contributed by atoms with van der Waals surface area (Å²) >= 11 is 0. The highest BCUT2D eigenvalue weighted by atomic mass is 16.3. The van der Waals surface area contributed by atoms with Crippen molar-refractivity contribution in [3.05, 3.63) is 35.9 Å². The van der Waals surface area contributed by atoms with Crippen LogP contribution in [-0.4, -0.2) is 28.3 Å². The van der Waals surface area contributed by atoms with Gasteiger partial charge in [-0.25, -0.2) is 0 Å². The van der Waals surface area contributed by atoms with Gasteiger partial charge in [-0.05, 0) is 18.9 Å². The molecule has 3 N–H and O–H groups in total. The summed E-state index contributed by atoms with van der Waals surface area (Å²) in [5, 5.41) is 21.2. The molecule has 0 aromatic heterocycles. The summed E-state index contributed by atoms with van der Waals surface area (Å²) in [6, 6.07) is 9.57. The molecule has 0 radical (unpaired) electrons. The number of benzene rings is 1. The van der Waals surface area contributed by atoms with Crippen molar-refractivity contribution in [2.75, 3.05) is 6.61 Å². The van der Waals surface area contributed by atoms with Crippen LogP contribution in [0, 0.1) is 0 Å². The predicted molar refractivity (Wildman–Crippen MR) is 65.2 cm³/mol. The fourth-order valence-electron chi connectivity index (χ4n) is 1.53. The Morgan fingerprint density at radius 1 is 1.35 bits per heavy atom. The smallest absolute Gasteiger partial charge is 0.223 e. The molecule has 1 unspecified atom stereocenters. The van der Waals surface area contributed by atoms with Crippen LogP contribution < -0.4 is 5.32 Å². The molecule has 1 rings (SSSR count). The molecule has 0 aliphatic carbocycles. The van der Waals surface area contributed by atoms with Crippen LogP contribution in [0.5, 0.6) is 0 Å². The number of aliphatic hydroxyl groups excluding tert-OH is 1. The summed E-state index contributed by atoms with van der Waals surface area (Å²) in [5.41, 5.74) is -0.127. The van der Waals surface area contributed by atoms with Crippen molar-refractivity contribution in [1.29, 1.82) is 0 Å². The van der Waals surface area contributed by atoms with E-state index in [-0.39, 0.29) is 25.4 Å². The number of hydrogen-bond acceptors (Lipinski definition) is 3. The first-order valence-corrected chi connectivity index (χ1v) is 5.67. The molecule has 0 heterocycles. The molecular weight excluding hydrogens is 218 g/mol. The second-order valence-corrected chi connectivity index (χ2v) is 4.41. The van der Waals surface area contributed by atoms with Crippen molar-refractivity contribution in [3.8, 4) is 0 Å². The standard InChI is InChI=1S/C13H19NO3/c1-13(17,7-8-15)9-12(16)14-10-11-5-3-2-4-6-11/h2-6,15,17H,7-10H2,1H3,(H,14,16). The van der Waals surface area contributed by atoms with Crippen molar-refractivity contribution in [1.82, 2.24) is 5.32 Å². The van der Waals surface area contributed by atoms with E-state index in [4.69, 9.17) is 5.11 Å². The zero-order chi connectivity index (χ0) is 12.7. The Morgan fingerprint density at radius 2 is 2.00 bits per heavy atom. The molecule has 0 saturated heterocycles. The first-order chi connectivity index (χ1) is 8.03. The van der Waals surface area contributed by atoms with Gasteiger partial charge in [0.25, 0.3) is 0 Å². The van der Waals surface area contributed by atoms with E-state index in [0.717, 1.165) is 5.56 Å². The van der Waals surface area contributed by atoms with E-state index in [2.05, 4.69) is 5.32 Å². The topological polar surface area (TPSA) is 69.6 Å². The maximum atomic E-state index is 11.6. The van der Waals surface area contributed by atoms with Gasteiger partial charge in [0.2, 0.25) is 5.91 Å². The summed E-state index contributed by atoms with van der Waals surface area (Å²) in [4.78, 5) is 11.6. The van der Waals surface area contributed by atoms with E-state index >= 15 is 0 Å². The number of aliphatic hydroxyl groups is 2. The average molecular weight is 237 g/mol. The third kappa shape index (κ3) is 5.47. The summed E-state index contributed by atoms with van der Waals surface area (Å²) in [6.07, 6.45) is 0.201. The van der Waals surface area contributed by atoms with Gasteiger partial charge in [0.1, 0.15) is 0 Å². The quantitative estimate of drug-likeness (QED) is 0.686. The molecule has 1 aromatic rings. The SMILES string of the molecule is CC(O)(CCO)CC(=O)NCc1ccccc1. The van der Waals surface area contributed by atoms with Crippen molar-refractivity contribution < 1.29 is 15.0 Å². The number of rotatable bonds is 6. The Morgan fingerprint density at radius 3 is 2.59 bits per heavy atom. The van der Waals surface area contributed by atoms with Crippen LogP contribution >= 0.6 is 0 Å². The minimum Gasteiger partial charge on any atom is -0.396 e. The van der Waals surface area contributed by atoms with Crippen LogP contribution in [0.15, 0.2) is 30.3 Å². The van der Waals surface area contributed by atoms with Crippen molar-refractivity contribution in [3.63, 3.8) is 0 Å². The zero-order valence-corrected chi connectivity index (χ0v) is 10.0. The lowest BCUT2D eigenvalue weighted by Gasteiger charge is -2.21. The minimum absolute atomic E-state index is 0.000390. The van der Waals surface area contributed by atoms with Gasteiger partial charge >= 0.3 is 0 Å². The van der Waals surface area contributed by atoms with Crippen molar-refractivity contribution >= 4 is 5.91 Å². The molecule has 4 nitrogen and oxygen atoms in total. The summed E-state index contributed by atoms with van der Waals surface area (Å²) < 4.78 is 0. The Bertz CT molecular complexity index is 349. The zero-order valence-electron chi connectivity index (χ0n) is 10.0. The summed E-state index contributed by atoms with van der Waals surface area (Å²) in [6.45, 7) is 1.87. The van der Waals surface area contributed by atoms with E-state index in [0.29, 0.717) is 6.54 Å². The normalized spacial score (nSPS) is 14.1. The number of amides is 1. The highest BCUT2D eigenvalue weighted by molar-refractivity contribution is 5.76. The van der Waals surface area contributed by atoms with Gasteiger partial charge in [-0.15, -0.1) is 0 Å². The Kier molecular flexibility index (Phi) is 5.12. The Labute approximate surface area is 101 Å². The summed E-state index contributed by atoms with van der Waals surface area (Å²) in [5.74, 6) is -0.215. The van der Waals surface area contributed by atoms with Gasteiger partial charge < -0.3 is 15.5 Å². The monoisotopic (exact) mass is 237 g/mol. The Balaban J connectivity index is 2.35. The average Bonchev–Trinajstić information content (AvgIpc) is 2.27. The third-order valence-electron chi connectivity index (χ3n) is 2.52. The lowest BCUT2D eigenvalue weighted by molar-refractivity contribution is -0.126. The van der Waals surface area contributed by atoms with Crippen LogP contribution in [0.4, 0.5) is 0 Å². The Hall–Kier alpha value is -1.39. The lowest BCUT2D eigenvalue weighted by atomic mass is 9.98. The van der Waals surface area contributed by atoms with Crippen LogP contribution in [0.1, 0.15) is 25.3 Å². The first-order valence-electron chi connectivity index (χ1n) is 5.67. The molecule has 1 atom stereocenters. The molecule has 0 aliphatic heterocycles. The highest BCUT2D eigenvalue weighted by Gasteiger charge is 2.23. The van der Waals surface area contributed by atoms with Crippen LogP contribution in [-0.2, 0) is 11.3 Å². The van der Waals surface area contributed by atoms with Crippen LogP contribution in [0.2, 0.25) is 0 Å². The minimum atomic E-state index is -1.14. The van der Waals surface area contributed by atoms with Gasteiger partial charge in [-0.3, -0.25) is 4.79 Å². The fourth-order valence-corrected chi connectivity index (χ4v) is 1.53. The number of carbonyl (C=O) groups excluding carboxylic acids is 1. The van der Waals surface area contributed by atoms with Crippen LogP contribution in [0.25, 0.3) is 0 Å². The largest absolute Gasteiger partial charge is 0.396 e. The first kappa shape index (κ1) is 13.7. The van der Waals surface area contributed by atoms with Crippen LogP contribution in [0.3, 0.4) is 0 Å². The molecule has 0 bridgehead atoms. The summed E-state index contributed by atoms with van der Waals surface area (Å²) in [7, 11) is 0. The van der Waals surface area contributed by atoms with Gasteiger partial charge in [0.15, 0.2) is 0 Å². The van der Waals surface area contributed by atoms with Gasteiger partial charge in [0.05, 0.1) is 12.0 Å². The number of nitrogens with one attached hydrogen (secondary N) is 1. The molecule has 1 amide bonds. The van der Waals surface area contributed by atoms with Crippen molar-refractivity contribution in [2.24, 2.45) is 0 Å². The molecule has 0 fully saturated rings. The van der Waals surface area contributed by atoms with E-state index in [9.17, 15) is 9.90 Å². The molecule has 0 saturated carbocycles. The fraction of sp³-hybridized carbons (Fsp3) is 0.462. The molecule has 4 heteroatoms. The second kappa shape index (κ2) is 6.37. The second-order valence-electron chi connectivity index (χ2n) is 4.41. The van der Waals surface area contributed by atoms with E-state index in [1.54, 1.807) is 6.92 Å². The maximum absolute atomic E-state index is 11.6. The third-order valence-corrected chi connectivity index (χ3v) is 2.52. The van der Waals surface area contributed by atoms with E-state index in [1.807, 2.05) is 30.3 Å². The molecule has 17 heavy (non-hydrogen) atoms. The highest BCUT2D eigenvalue weighted by Crippen LogP contribution is 2.13. The van der Waals surface area contributed by atoms with E-state index < -0.39 is 5.60 Å². The van der Waals surface area contributed by atoms with Crippen molar-refractivity contribution in [2.45, 2.75) is 31.9 Å². The predicted octanol–water partition coefficient (Wildman–Crippen LogP) is 0.826.